The molecular weight excluding hydrogens is 364 g/mol. The first-order chi connectivity index (χ1) is 13.5. The van der Waals surface area contributed by atoms with Gasteiger partial charge in [0.25, 0.3) is 0 Å². The second-order valence-electron chi connectivity index (χ2n) is 9.76. The van der Waals surface area contributed by atoms with Gasteiger partial charge in [-0.2, -0.15) is 0 Å². The van der Waals surface area contributed by atoms with Crippen LogP contribution in [0, 0.1) is 17.8 Å². The Labute approximate surface area is 176 Å². The number of carboxylic acids is 2. The maximum Gasteiger partial charge on any atom is 0.309 e. The first-order valence-electron chi connectivity index (χ1n) is 11.0. The zero-order valence-electron chi connectivity index (χ0n) is 19.0. The third-order valence-electron chi connectivity index (χ3n) is 6.08. The van der Waals surface area contributed by atoms with Crippen LogP contribution >= 0.6 is 0 Å². The maximum absolute atomic E-state index is 11.2. The van der Waals surface area contributed by atoms with Crippen molar-refractivity contribution in [3.8, 4) is 0 Å². The Balaban J connectivity index is 2.31. The van der Waals surface area contributed by atoms with Gasteiger partial charge in [0.1, 0.15) is 0 Å². The highest BCUT2D eigenvalue weighted by Crippen LogP contribution is 2.25. The van der Waals surface area contributed by atoms with Crippen molar-refractivity contribution in [2.24, 2.45) is 10.8 Å². The summed E-state index contributed by atoms with van der Waals surface area (Å²) < 4.78 is 0. The van der Waals surface area contributed by atoms with Gasteiger partial charge in [-0.3, -0.25) is 9.59 Å². The van der Waals surface area contributed by atoms with Gasteiger partial charge in [-0.25, -0.2) is 0 Å². The van der Waals surface area contributed by atoms with E-state index in [4.69, 9.17) is 5.11 Å². The molecule has 1 aromatic rings. The molecule has 2 N–H and O–H groups in total. The molecule has 0 aliphatic heterocycles. The van der Waals surface area contributed by atoms with Crippen LogP contribution in [0.25, 0.3) is 0 Å². The molecule has 0 fully saturated rings. The number of aryl methyl sites for hydroxylation is 3. The van der Waals surface area contributed by atoms with Gasteiger partial charge >= 0.3 is 11.9 Å². The average molecular weight is 405 g/mol. The predicted octanol–water partition coefficient (Wildman–Crippen LogP) is 6.42. The highest BCUT2D eigenvalue weighted by atomic mass is 16.4. The minimum atomic E-state index is -0.719. The monoisotopic (exact) mass is 404 g/mol. The van der Waals surface area contributed by atoms with Crippen molar-refractivity contribution >= 4 is 11.9 Å². The molecule has 0 saturated carbocycles. The Morgan fingerprint density at radius 3 is 1.76 bits per heavy atom. The molecule has 29 heavy (non-hydrogen) atoms. The second-order valence-corrected chi connectivity index (χ2v) is 9.76. The van der Waals surface area contributed by atoms with E-state index in [9.17, 15) is 14.7 Å². The molecule has 0 spiro atoms. The quantitative estimate of drug-likeness (QED) is 0.351. The van der Waals surface area contributed by atoms with Gasteiger partial charge in [0, 0.05) is 0 Å². The maximum atomic E-state index is 11.2. The minimum Gasteiger partial charge on any atom is -0.481 e. The van der Waals surface area contributed by atoms with Crippen LogP contribution in [0.15, 0.2) is 18.2 Å². The van der Waals surface area contributed by atoms with Crippen molar-refractivity contribution in [3.05, 3.63) is 34.9 Å². The van der Waals surface area contributed by atoms with Crippen LogP contribution in [0.3, 0.4) is 0 Å². The first-order valence-corrected chi connectivity index (χ1v) is 11.0. The number of carbonyl (C=O) groups is 2. The largest absolute Gasteiger partial charge is 0.481 e. The zero-order chi connectivity index (χ0) is 22.1. The molecule has 0 atom stereocenters. The topological polar surface area (TPSA) is 74.6 Å². The van der Waals surface area contributed by atoms with Gasteiger partial charge in [-0.1, -0.05) is 43.9 Å². The number of carboxylic acid groups (broad SMARTS) is 2. The highest BCUT2D eigenvalue weighted by Gasteiger charge is 2.26. The zero-order valence-corrected chi connectivity index (χ0v) is 19.0. The molecule has 1 aromatic carbocycles. The number of hydrogen-bond donors (Lipinski definition) is 2. The van der Waals surface area contributed by atoms with E-state index in [2.05, 4.69) is 25.1 Å². The molecule has 0 bridgehead atoms. The van der Waals surface area contributed by atoms with Gasteiger partial charge in [0.15, 0.2) is 0 Å². The predicted molar refractivity (Wildman–Crippen MR) is 118 cm³/mol. The van der Waals surface area contributed by atoms with Crippen molar-refractivity contribution in [2.45, 2.75) is 98.8 Å². The summed E-state index contributed by atoms with van der Waals surface area (Å²) in [4.78, 5) is 22.3. The molecule has 0 radical (unpaired) electrons. The summed E-state index contributed by atoms with van der Waals surface area (Å²) in [6.07, 6.45) is 9.78. The molecule has 0 aromatic heterocycles. The van der Waals surface area contributed by atoms with E-state index in [0.717, 1.165) is 57.8 Å². The fourth-order valence-corrected chi connectivity index (χ4v) is 3.54. The van der Waals surface area contributed by atoms with Crippen LogP contribution in [0.2, 0.25) is 0 Å². The lowest BCUT2D eigenvalue weighted by Crippen LogP contribution is -2.23. The number of benzene rings is 1. The molecule has 4 heteroatoms. The Hall–Kier alpha value is -1.84. The molecule has 4 nitrogen and oxygen atoms in total. The van der Waals surface area contributed by atoms with Crippen LogP contribution in [-0.2, 0) is 22.4 Å². The van der Waals surface area contributed by atoms with Gasteiger partial charge in [-0.15, -0.1) is 0 Å². The molecule has 0 heterocycles. The molecule has 0 unspecified atom stereocenters. The third-order valence-corrected chi connectivity index (χ3v) is 6.08. The van der Waals surface area contributed by atoms with Crippen molar-refractivity contribution in [3.63, 3.8) is 0 Å². The second kappa shape index (κ2) is 11.4. The van der Waals surface area contributed by atoms with E-state index in [-0.39, 0.29) is 0 Å². The molecule has 1 rings (SSSR count). The summed E-state index contributed by atoms with van der Waals surface area (Å²) in [5.41, 5.74) is 2.81. The van der Waals surface area contributed by atoms with Crippen molar-refractivity contribution < 1.29 is 19.8 Å². The fourth-order valence-electron chi connectivity index (χ4n) is 3.54. The van der Waals surface area contributed by atoms with Crippen LogP contribution < -0.4 is 0 Å². The lowest BCUT2D eigenvalue weighted by molar-refractivity contribution is -0.148. The lowest BCUT2D eigenvalue weighted by Gasteiger charge is -2.18. The number of aliphatic carboxylic acids is 2. The molecule has 164 valence electrons. The van der Waals surface area contributed by atoms with Crippen molar-refractivity contribution in [1.29, 1.82) is 0 Å². The smallest absolute Gasteiger partial charge is 0.309 e. The minimum absolute atomic E-state index is 0.615. The summed E-state index contributed by atoms with van der Waals surface area (Å²) in [5.74, 6) is -1.43. The van der Waals surface area contributed by atoms with Crippen LogP contribution in [0.4, 0.5) is 0 Å². The summed E-state index contributed by atoms with van der Waals surface area (Å²) in [7, 11) is 0. The van der Waals surface area contributed by atoms with Crippen LogP contribution in [-0.4, -0.2) is 22.2 Å². The molecule has 0 amide bonds. The van der Waals surface area contributed by atoms with Crippen LogP contribution in [0.5, 0.6) is 0 Å². The summed E-state index contributed by atoms with van der Waals surface area (Å²) in [5, 5.41) is 18.3. The molecule has 0 aliphatic carbocycles. The Kier molecular flexibility index (Phi) is 9.88. The molecular formula is C25H40O4. The summed E-state index contributed by atoms with van der Waals surface area (Å²) in [6, 6.07) is 6.71. The first kappa shape index (κ1) is 25.2. The Morgan fingerprint density at radius 2 is 1.24 bits per heavy atom. The lowest BCUT2D eigenvalue weighted by atomic mass is 9.86. The van der Waals surface area contributed by atoms with Crippen molar-refractivity contribution in [1.82, 2.24) is 0 Å². The van der Waals surface area contributed by atoms with E-state index in [1.807, 2.05) is 0 Å². The number of hydrogen-bond acceptors (Lipinski definition) is 2. The SMILES string of the molecule is Cc1cc(CCCCC(C)(C)C(=O)O)ccc1CCCCCCC(C)(C)C(=O)O. The van der Waals surface area contributed by atoms with E-state index in [1.165, 1.54) is 16.7 Å². The number of unbranched alkanes of at least 4 members (excludes halogenated alkanes) is 4. The summed E-state index contributed by atoms with van der Waals surface area (Å²) in [6.45, 7) is 9.35. The van der Waals surface area contributed by atoms with E-state index in [0.29, 0.717) is 6.42 Å². The van der Waals surface area contributed by atoms with Crippen molar-refractivity contribution in [2.75, 3.05) is 0 Å². The van der Waals surface area contributed by atoms with E-state index in [1.54, 1.807) is 27.7 Å². The highest BCUT2D eigenvalue weighted by molar-refractivity contribution is 5.73. The Morgan fingerprint density at radius 1 is 0.759 bits per heavy atom. The number of rotatable bonds is 14. The Bertz CT molecular complexity index is 673. The standard InChI is InChI=1S/C25H40O4/c1-19-18-20(12-9-11-17-25(4,5)23(28)29)14-15-21(19)13-8-6-7-10-16-24(2,3)22(26)27/h14-15,18H,6-13,16-17H2,1-5H3,(H,26,27)(H,28,29). The van der Waals surface area contributed by atoms with E-state index < -0.39 is 22.8 Å². The van der Waals surface area contributed by atoms with Gasteiger partial charge in [-0.05, 0) is 89.8 Å². The summed E-state index contributed by atoms with van der Waals surface area (Å²) >= 11 is 0. The average Bonchev–Trinajstić information content (AvgIpc) is 2.62. The molecule has 0 aliphatic rings. The molecule has 0 saturated heterocycles. The van der Waals surface area contributed by atoms with E-state index >= 15 is 0 Å². The fraction of sp³-hybridized carbons (Fsp3) is 0.680. The normalized spacial score (nSPS) is 12.2. The third kappa shape index (κ3) is 9.01. The van der Waals surface area contributed by atoms with Gasteiger partial charge in [0.05, 0.1) is 10.8 Å². The van der Waals surface area contributed by atoms with Gasteiger partial charge < -0.3 is 10.2 Å². The van der Waals surface area contributed by atoms with Gasteiger partial charge in [0.2, 0.25) is 0 Å². The van der Waals surface area contributed by atoms with Crippen LogP contribution in [0.1, 0.15) is 95.8 Å².